The predicted molar refractivity (Wildman–Crippen MR) is 130 cm³/mol. The molecule has 7 heteroatoms. The van der Waals surface area contributed by atoms with Gasteiger partial charge < -0.3 is 19.9 Å². The third kappa shape index (κ3) is 5.57. The minimum Gasteiger partial charge on any atom is -0.337 e. The topological polar surface area (TPSA) is 78.7 Å². The number of carbonyl (C=O) groups is 2. The fraction of sp³-hybridized carbons (Fsp3) is 0.192. The van der Waals surface area contributed by atoms with Crippen LogP contribution in [0.3, 0.4) is 0 Å². The molecule has 0 saturated heterocycles. The smallest absolute Gasteiger partial charge is 0.317 e. The van der Waals surface area contributed by atoms with E-state index in [1.165, 1.54) is 0 Å². The van der Waals surface area contributed by atoms with Crippen molar-refractivity contribution in [3.8, 4) is 11.3 Å². The van der Waals surface area contributed by atoms with Crippen molar-refractivity contribution in [2.24, 2.45) is 0 Å². The van der Waals surface area contributed by atoms with Crippen molar-refractivity contribution in [3.05, 3.63) is 90.3 Å². The highest BCUT2D eigenvalue weighted by atomic mass is 16.2. The van der Waals surface area contributed by atoms with E-state index in [1.54, 1.807) is 11.9 Å². The molecule has 3 amide bonds. The number of pyridine rings is 1. The van der Waals surface area contributed by atoms with Crippen molar-refractivity contribution >= 4 is 23.3 Å². The quantitative estimate of drug-likeness (QED) is 0.444. The van der Waals surface area contributed by atoms with Crippen LogP contribution in [0.4, 0.5) is 10.5 Å². The standard InChI is InChI=1S/C26H27N5O2/c1-19-7-6-16-31-18-23(29-25(19)31)21-10-12-22(13-11-21)28-24(32)14-15-27-26(33)30(2)17-20-8-4-3-5-9-20/h3-13,16,18H,14-15,17H2,1-2H3,(H,27,33)(H,28,32). The number of aromatic nitrogens is 2. The molecule has 0 fully saturated rings. The Balaban J connectivity index is 1.25. The second-order valence-electron chi connectivity index (χ2n) is 8.00. The lowest BCUT2D eigenvalue weighted by Gasteiger charge is -2.18. The van der Waals surface area contributed by atoms with Crippen LogP contribution in [0, 0.1) is 6.92 Å². The Morgan fingerprint density at radius 3 is 2.48 bits per heavy atom. The first-order valence-corrected chi connectivity index (χ1v) is 10.9. The highest BCUT2D eigenvalue weighted by Gasteiger charge is 2.10. The van der Waals surface area contributed by atoms with Crippen LogP contribution in [0.25, 0.3) is 16.9 Å². The number of amides is 3. The normalized spacial score (nSPS) is 10.7. The van der Waals surface area contributed by atoms with Gasteiger partial charge in [0, 0.05) is 50.2 Å². The maximum atomic E-state index is 12.3. The number of rotatable bonds is 7. The molecule has 7 nitrogen and oxygen atoms in total. The van der Waals surface area contributed by atoms with E-state index in [0.717, 1.165) is 28.0 Å². The van der Waals surface area contributed by atoms with E-state index in [0.29, 0.717) is 12.2 Å². The molecule has 2 aromatic heterocycles. The fourth-order valence-corrected chi connectivity index (χ4v) is 3.59. The Morgan fingerprint density at radius 1 is 1.00 bits per heavy atom. The fourth-order valence-electron chi connectivity index (χ4n) is 3.59. The average Bonchev–Trinajstić information content (AvgIpc) is 3.26. The van der Waals surface area contributed by atoms with Gasteiger partial charge in [-0.1, -0.05) is 48.5 Å². The molecule has 0 bridgehead atoms. The van der Waals surface area contributed by atoms with Gasteiger partial charge in [0.1, 0.15) is 5.65 Å². The number of imidazole rings is 1. The summed E-state index contributed by atoms with van der Waals surface area (Å²) in [5, 5.41) is 5.65. The van der Waals surface area contributed by atoms with Crippen LogP contribution in [0.1, 0.15) is 17.5 Å². The second kappa shape index (κ2) is 9.99. The Bertz CT molecular complexity index is 1250. The summed E-state index contributed by atoms with van der Waals surface area (Å²) in [6.07, 6.45) is 4.16. The SMILES string of the molecule is Cc1cccn2cc(-c3ccc(NC(=O)CCNC(=O)N(C)Cc4ccccc4)cc3)nc12. The Hall–Kier alpha value is -4.13. The van der Waals surface area contributed by atoms with Gasteiger partial charge in [-0.25, -0.2) is 9.78 Å². The van der Waals surface area contributed by atoms with Gasteiger partial charge in [-0.2, -0.15) is 0 Å². The van der Waals surface area contributed by atoms with Crippen molar-refractivity contribution in [3.63, 3.8) is 0 Å². The monoisotopic (exact) mass is 441 g/mol. The molecule has 2 heterocycles. The molecule has 2 N–H and O–H groups in total. The van der Waals surface area contributed by atoms with Crippen LogP contribution in [0.2, 0.25) is 0 Å². The maximum Gasteiger partial charge on any atom is 0.317 e. The predicted octanol–water partition coefficient (Wildman–Crippen LogP) is 4.48. The first-order valence-electron chi connectivity index (χ1n) is 10.9. The Kier molecular flexibility index (Phi) is 6.69. The van der Waals surface area contributed by atoms with Gasteiger partial charge in [-0.15, -0.1) is 0 Å². The molecular weight excluding hydrogens is 414 g/mol. The third-order valence-electron chi connectivity index (χ3n) is 5.38. The van der Waals surface area contributed by atoms with Gasteiger partial charge in [0.05, 0.1) is 5.69 Å². The summed E-state index contributed by atoms with van der Waals surface area (Å²) in [7, 11) is 1.73. The number of carbonyl (C=O) groups excluding carboxylic acids is 2. The van der Waals surface area contributed by atoms with E-state index in [4.69, 9.17) is 4.98 Å². The van der Waals surface area contributed by atoms with Crippen LogP contribution >= 0.6 is 0 Å². The number of aryl methyl sites for hydroxylation is 1. The van der Waals surface area contributed by atoms with Crippen LogP contribution < -0.4 is 10.6 Å². The molecule has 0 unspecified atom stereocenters. The van der Waals surface area contributed by atoms with E-state index < -0.39 is 0 Å². The van der Waals surface area contributed by atoms with Gasteiger partial charge >= 0.3 is 6.03 Å². The zero-order valence-corrected chi connectivity index (χ0v) is 18.8. The number of anilines is 1. The molecule has 0 atom stereocenters. The zero-order chi connectivity index (χ0) is 23.2. The first-order chi connectivity index (χ1) is 16.0. The maximum absolute atomic E-state index is 12.3. The lowest BCUT2D eigenvalue weighted by Crippen LogP contribution is -2.38. The number of benzene rings is 2. The van der Waals surface area contributed by atoms with Gasteiger partial charge in [0.2, 0.25) is 5.91 Å². The van der Waals surface area contributed by atoms with E-state index >= 15 is 0 Å². The lowest BCUT2D eigenvalue weighted by molar-refractivity contribution is -0.116. The van der Waals surface area contributed by atoms with Gasteiger partial charge in [0.25, 0.3) is 0 Å². The summed E-state index contributed by atoms with van der Waals surface area (Å²) in [4.78, 5) is 30.8. The van der Waals surface area contributed by atoms with E-state index in [1.807, 2.05) is 90.4 Å². The average molecular weight is 442 g/mol. The minimum atomic E-state index is -0.210. The molecule has 168 valence electrons. The van der Waals surface area contributed by atoms with Crippen molar-refractivity contribution < 1.29 is 9.59 Å². The number of hydrogen-bond donors (Lipinski definition) is 2. The number of nitrogens with one attached hydrogen (secondary N) is 2. The first kappa shape index (κ1) is 22.1. The largest absolute Gasteiger partial charge is 0.337 e. The van der Waals surface area contributed by atoms with Gasteiger partial charge in [-0.05, 0) is 36.2 Å². The summed E-state index contributed by atoms with van der Waals surface area (Å²) in [6, 6.07) is 21.2. The van der Waals surface area contributed by atoms with Crippen LogP contribution in [-0.2, 0) is 11.3 Å². The number of nitrogens with zero attached hydrogens (tertiary/aromatic N) is 3. The molecule has 0 aliphatic heterocycles. The summed E-state index contributed by atoms with van der Waals surface area (Å²) >= 11 is 0. The summed E-state index contributed by atoms with van der Waals surface area (Å²) in [5.41, 5.74) is 5.66. The minimum absolute atomic E-state index is 0.155. The highest BCUT2D eigenvalue weighted by Crippen LogP contribution is 2.22. The van der Waals surface area contributed by atoms with Crippen molar-refractivity contribution in [2.45, 2.75) is 19.9 Å². The lowest BCUT2D eigenvalue weighted by atomic mass is 10.1. The van der Waals surface area contributed by atoms with E-state index in [2.05, 4.69) is 10.6 Å². The van der Waals surface area contributed by atoms with Crippen molar-refractivity contribution in [1.29, 1.82) is 0 Å². The van der Waals surface area contributed by atoms with Gasteiger partial charge in [-0.3, -0.25) is 4.79 Å². The molecule has 2 aromatic carbocycles. The molecule has 0 aliphatic rings. The van der Waals surface area contributed by atoms with Crippen LogP contribution in [-0.4, -0.2) is 39.8 Å². The van der Waals surface area contributed by atoms with E-state index in [9.17, 15) is 9.59 Å². The third-order valence-corrected chi connectivity index (χ3v) is 5.38. The highest BCUT2D eigenvalue weighted by molar-refractivity contribution is 5.91. The number of urea groups is 1. The van der Waals surface area contributed by atoms with Crippen LogP contribution in [0.15, 0.2) is 79.1 Å². The van der Waals surface area contributed by atoms with Crippen molar-refractivity contribution in [1.82, 2.24) is 19.6 Å². The van der Waals surface area contributed by atoms with Gasteiger partial charge in [0.15, 0.2) is 0 Å². The van der Waals surface area contributed by atoms with Crippen LogP contribution in [0.5, 0.6) is 0 Å². The Labute approximate surface area is 193 Å². The second-order valence-corrected chi connectivity index (χ2v) is 8.00. The van der Waals surface area contributed by atoms with E-state index in [-0.39, 0.29) is 24.9 Å². The van der Waals surface area contributed by atoms with Crippen molar-refractivity contribution in [2.75, 3.05) is 18.9 Å². The molecular formula is C26H27N5O2. The molecule has 33 heavy (non-hydrogen) atoms. The molecule has 0 saturated carbocycles. The molecule has 0 radical (unpaired) electrons. The number of hydrogen-bond acceptors (Lipinski definition) is 3. The molecule has 0 spiro atoms. The number of fused-ring (bicyclic) bond motifs is 1. The molecule has 4 aromatic rings. The molecule has 4 rings (SSSR count). The summed E-state index contributed by atoms with van der Waals surface area (Å²) < 4.78 is 2.01. The summed E-state index contributed by atoms with van der Waals surface area (Å²) in [5.74, 6) is -0.155. The zero-order valence-electron chi connectivity index (χ0n) is 18.8. The molecule has 0 aliphatic carbocycles. The summed E-state index contributed by atoms with van der Waals surface area (Å²) in [6.45, 7) is 2.81. The Morgan fingerprint density at radius 2 is 1.76 bits per heavy atom.